The summed E-state index contributed by atoms with van der Waals surface area (Å²) in [7, 11) is 0. The highest BCUT2D eigenvalue weighted by atomic mass is 16.6. The van der Waals surface area contributed by atoms with Crippen LogP contribution in [0.2, 0.25) is 0 Å². The van der Waals surface area contributed by atoms with Crippen LogP contribution in [0.15, 0.2) is 47.3 Å². The van der Waals surface area contributed by atoms with Crippen LogP contribution in [0.25, 0.3) is 10.9 Å². The largest absolute Gasteiger partial charge is 0.376 e. The number of hydrogen-bond donors (Lipinski definition) is 2. The van der Waals surface area contributed by atoms with Crippen molar-refractivity contribution < 1.29 is 14.3 Å². The fourth-order valence-corrected chi connectivity index (χ4v) is 4.00. The molecule has 2 N–H and O–H groups in total. The minimum Gasteiger partial charge on any atom is -0.376 e. The Morgan fingerprint density at radius 1 is 1.09 bits per heavy atom. The first-order chi connectivity index (χ1) is 15.4. The van der Waals surface area contributed by atoms with Crippen LogP contribution in [-0.4, -0.2) is 48.4 Å². The minimum absolute atomic E-state index is 0.163. The number of aryl methyl sites for hydroxylation is 3. The van der Waals surface area contributed by atoms with E-state index < -0.39 is 0 Å². The minimum atomic E-state index is -0.289. The van der Waals surface area contributed by atoms with E-state index in [0.717, 1.165) is 27.6 Å². The fraction of sp³-hybridized carbons (Fsp3) is 0.360. The zero-order valence-electron chi connectivity index (χ0n) is 18.7. The molecule has 0 radical (unpaired) electrons. The summed E-state index contributed by atoms with van der Waals surface area (Å²) in [4.78, 5) is 30.6. The van der Waals surface area contributed by atoms with E-state index in [-0.39, 0.29) is 24.2 Å². The van der Waals surface area contributed by atoms with Crippen LogP contribution in [0, 0.1) is 20.8 Å². The van der Waals surface area contributed by atoms with E-state index in [1.807, 2.05) is 63.2 Å². The Morgan fingerprint density at radius 3 is 2.59 bits per heavy atom. The van der Waals surface area contributed by atoms with Crippen LogP contribution in [0.4, 0.5) is 10.5 Å². The molecule has 1 aliphatic heterocycles. The second-order valence-electron chi connectivity index (χ2n) is 8.41. The molecule has 1 atom stereocenters. The summed E-state index contributed by atoms with van der Waals surface area (Å²) in [6.45, 7) is 7.94. The number of nitrogens with zero attached hydrogens (tertiary/aromatic N) is 1. The monoisotopic (exact) mass is 435 g/mol. The number of pyridine rings is 1. The van der Waals surface area contributed by atoms with Gasteiger partial charge in [0.2, 0.25) is 0 Å². The van der Waals surface area contributed by atoms with Crippen molar-refractivity contribution in [3.05, 3.63) is 75.1 Å². The number of aromatic amines is 1. The zero-order chi connectivity index (χ0) is 22.7. The molecule has 7 nitrogen and oxygen atoms in total. The zero-order valence-corrected chi connectivity index (χ0v) is 18.7. The van der Waals surface area contributed by atoms with Crippen LogP contribution in [0.3, 0.4) is 0 Å². The van der Waals surface area contributed by atoms with Gasteiger partial charge in [0.15, 0.2) is 0 Å². The molecule has 2 amide bonds. The molecule has 7 heteroatoms. The Balaban J connectivity index is 1.61. The predicted octanol–water partition coefficient (Wildman–Crippen LogP) is 3.90. The summed E-state index contributed by atoms with van der Waals surface area (Å²) in [6, 6.07) is 13.3. The Kier molecular flexibility index (Phi) is 6.58. The smallest absolute Gasteiger partial charge is 0.322 e. The first-order valence-electron chi connectivity index (χ1n) is 10.8. The summed E-state index contributed by atoms with van der Waals surface area (Å²) in [6.07, 6.45) is -0.239. The summed E-state index contributed by atoms with van der Waals surface area (Å²) >= 11 is 0. The quantitative estimate of drug-likeness (QED) is 0.637. The third-order valence-corrected chi connectivity index (χ3v) is 5.63. The molecule has 1 aliphatic rings. The van der Waals surface area contributed by atoms with Gasteiger partial charge in [-0.3, -0.25) is 4.79 Å². The lowest BCUT2D eigenvalue weighted by molar-refractivity contribution is -0.0943. The van der Waals surface area contributed by atoms with Gasteiger partial charge in [0.1, 0.15) is 0 Å². The molecular weight excluding hydrogens is 406 g/mol. The van der Waals surface area contributed by atoms with Gasteiger partial charge in [0.05, 0.1) is 44.5 Å². The van der Waals surface area contributed by atoms with Crippen LogP contribution in [0.5, 0.6) is 0 Å². The first kappa shape index (κ1) is 22.0. The molecule has 32 heavy (non-hydrogen) atoms. The number of anilines is 1. The van der Waals surface area contributed by atoms with Crippen molar-refractivity contribution in [3.8, 4) is 0 Å². The lowest BCUT2D eigenvalue weighted by atomic mass is 10.1. The number of nitrogens with one attached hydrogen (secondary N) is 2. The normalized spacial score (nSPS) is 16.2. The maximum atomic E-state index is 13.2. The van der Waals surface area contributed by atoms with Gasteiger partial charge in [0, 0.05) is 11.3 Å². The summed E-state index contributed by atoms with van der Waals surface area (Å²) in [5.41, 5.74) is 5.10. The first-order valence-corrected chi connectivity index (χ1v) is 10.8. The Morgan fingerprint density at radius 2 is 1.88 bits per heavy atom. The molecule has 2 heterocycles. The summed E-state index contributed by atoms with van der Waals surface area (Å²) in [5.74, 6) is 0. The van der Waals surface area contributed by atoms with Gasteiger partial charge in [0.25, 0.3) is 5.56 Å². The molecule has 0 aliphatic carbocycles. The molecule has 1 fully saturated rings. The number of amides is 2. The number of ether oxygens (including phenoxy) is 2. The molecule has 0 saturated carbocycles. The van der Waals surface area contributed by atoms with E-state index in [1.165, 1.54) is 0 Å². The van der Waals surface area contributed by atoms with Gasteiger partial charge in [-0.25, -0.2) is 4.79 Å². The number of benzene rings is 2. The lowest BCUT2D eigenvalue weighted by Crippen LogP contribution is -2.44. The number of H-pyrrole nitrogens is 1. The van der Waals surface area contributed by atoms with Crippen molar-refractivity contribution in [1.82, 2.24) is 9.88 Å². The van der Waals surface area contributed by atoms with E-state index in [0.29, 0.717) is 37.6 Å². The molecular formula is C25H29N3O4. The van der Waals surface area contributed by atoms with Gasteiger partial charge in [-0.2, -0.15) is 0 Å². The molecule has 0 spiro atoms. The number of urea groups is 1. The molecule has 168 valence electrons. The summed E-state index contributed by atoms with van der Waals surface area (Å²) in [5, 5.41) is 3.88. The molecule has 3 aromatic rings. The maximum absolute atomic E-state index is 13.2. The highest BCUT2D eigenvalue weighted by molar-refractivity contribution is 5.89. The van der Waals surface area contributed by atoms with E-state index in [2.05, 4.69) is 10.3 Å². The third-order valence-electron chi connectivity index (χ3n) is 5.63. The second kappa shape index (κ2) is 9.54. The standard InChI is InChI=1S/C25H29N3O4/c1-16-4-6-21(7-5-16)26-25(30)28(14-22-15-31-8-9-32-22)13-20-12-19-11-17(2)10-18(3)23(19)27-24(20)29/h4-7,10-12,22H,8-9,13-15H2,1-3H3,(H,26,30)(H,27,29)/t22-/m1/s1. The predicted molar refractivity (Wildman–Crippen MR) is 125 cm³/mol. The van der Waals surface area contributed by atoms with Crippen LogP contribution >= 0.6 is 0 Å². The molecule has 1 saturated heterocycles. The number of carbonyl (C=O) groups is 1. The van der Waals surface area contributed by atoms with Crippen LogP contribution in [-0.2, 0) is 16.0 Å². The van der Waals surface area contributed by atoms with Gasteiger partial charge in [-0.15, -0.1) is 0 Å². The van der Waals surface area contributed by atoms with Gasteiger partial charge in [-0.05, 0) is 56.0 Å². The van der Waals surface area contributed by atoms with E-state index >= 15 is 0 Å². The highest BCUT2D eigenvalue weighted by Crippen LogP contribution is 2.19. The second-order valence-corrected chi connectivity index (χ2v) is 8.41. The van der Waals surface area contributed by atoms with E-state index in [4.69, 9.17) is 9.47 Å². The van der Waals surface area contributed by atoms with Gasteiger partial charge in [-0.1, -0.05) is 29.3 Å². The van der Waals surface area contributed by atoms with Crippen molar-refractivity contribution >= 4 is 22.6 Å². The van der Waals surface area contributed by atoms with Crippen molar-refractivity contribution in [3.63, 3.8) is 0 Å². The topological polar surface area (TPSA) is 83.7 Å². The molecule has 2 aromatic carbocycles. The molecule has 0 unspecified atom stereocenters. The number of rotatable bonds is 5. The van der Waals surface area contributed by atoms with Gasteiger partial charge < -0.3 is 24.7 Å². The Bertz CT molecular complexity index is 1160. The number of hydrogen-bond acceptors (Lipinski definition) is 4. The Hall–Kier alpha value is -3.16. The maximum Gasteiger partial charge on any atom is 0.322 e. The van der Waals surface area contributed by atoms with Crippen molar-refractivity contribution in [2.75, 3.05) is 31.7 Å². The fourth-order valence-electron chi connectivity index (χ4n) is 4.00. The van der Waals surface area contributed by atoms with Crippen LogP contribution < -0.4 is 10.9 Å². The number of aromatic nitrogens is 1. The van der Waals surface area contributed by atoms with E-state index in [1.54, 1.807) is 4.90 Å². The SMILES string of the molecule is Cc1ccc(NC(=O)N(Cc2cc3cc(C)cc(C)c3[nH]c2=O)C[C@@H]2COCCO2)cc1. The number of fused-ring (bicyclic) bond motifs is 1. The van der Waals surface area contributed by atoms with Crippen molar-refractivity contribution in [2.45, 2.75) is 33.4 Å². The lowest BCUT2D eigenvalue weighted by Gasteiger charge is -2.30. The highest BCUT2D eigenvalue weighted by Gasteiger charge is 2.23. The van der Waals surface area contributed by atoms with Crippen molar-refractivity contribution in [1.29, 1.82) is 0 Å². The van der Waals surface area contributed by atoms with Crippen molar-refractivity contribution in [2.24, 2.45) is 0 Å². The molecule has 1 aromatic heterocycles. The van der Waals surface area contributed by atoms with E-state index in [9.17, 15) is 9.59 Å². The van der Waals surface area contributed by atoms with Gasteiger partial charge >= 0.3 is 6.03 Å². The third kappa shape index (κ3) is 5.18. The number of carbonyl (C=O) groups excluding carboxylic acids is 1. The average molecular weight is 436 g/mol. The molecule has 4 rings (SSSR count). The molecule has 0 bridgehead atoms. The summed E-state index contributed by atoms with van der Waals surface area (Å²) < 4.78 is 11.3. The average Bonchev–Trinajstić information content (AvgIpc) is 2.76. The van der Waals surface area contributed by atoms with Crippen LogP contribution in [0.1, 0.15) is 22.3 Å². The Labute approximate surface area is 187 Å².